The van der Waals surface area contributed by atoms with Crippen LogP contribution in [0.1, 0.15) is 79.1 Å². The largest absolute Gasteiger partial charge is 0.329 e. The minimum Gasteiger partial charge on any atom is -0.329 e. The van der Waals surface area contributed by atoms with E-state index in [1.165, 1.54) is 57.9 Å². The Morgan fingerprint density at radius 2 is 1.84 bits per heavy atom. The monoisotopic (exact) mass is 268 g/mol. The third-order valence-electron chi connectivity index (χ3n) is 5.33. The van der Waals surface area contributed by atoms with E-state index < -0.39 is 0 Å². The first kappa shape index (κ1) is 17.0. The van der Waals surface area contributed by atoms with E-state index in [0.29, 0.717) is 6.04 Å². The lowest BCUT2D eigenvalue weighted by molar-refractivity contribution is 0.00834. The standard InChI is InChI=1S/C17H36N2/c1-5-6-7-8-9-12-17(4,14-18)19-13-10-11-15(2)16(19)3/h15-16H,5-14,18H2,1-4H3. The third-order valence-corrected chi connectivity index (χ3v) is 5.33. The fourth-order valence-electron chi connectivity index (χ4n) is 3.57. The van der Waals surface area contributed by atoms with Gasteiger partial charge in [-0.05, 0) is 45.6 Å². The molecule has 1 rings (SSSR count). The van der Waals surface area contributed by atoms with Gasteiger partial charge in [0.05, 0.1) is 0 Å². The molecule has 0 bridgehead atoms. The van der Waals surface area contributed by atoms with E-state index in [2.05, 4.69) is 32.6 Å². The summed E-state index contributed by atoms with van der Waals surface area (Å²) >= 11 is 0. The van der Waals surface area contributed by atoms with Crippen molar-refractivity contribution in [3.63, 3.8) is 0 Å². The van der Waals surface area contributed by atoms with E-state index in [0.717, 1.165) is 12.5 Å². The summed E-state index contributed by atoms with van der Waals surface area (Å²) in [5.41, 5.74) is 6.37. The molecule has 3 unspecified atom stereocenters. The van der Waals surface area contributed by atoms with Crippen molar-refractivity contribution in [1.82, 2.24) is 4.90 Å². The second-order valence-corrected chi connectivity index (χ2v) is 6.92. The first-order valence-electron chi connectivity index (χ1n) is 8.52. The van der Waals surface area contributed by atoms with E-state index in [-0.39, 0.29) is 5.54 Å². The zero-order valence-electron chi connectivity index (χ0n) is 13.8. The van der Waals surface area contributed by atoms with E-state index >= 15 is 0 Å². The SMILES string of the molecule is CCCCCCCC(C)(CN)N1CCCC(C)C1C. The number of nitrogens with zero attached hydrogens (tertiary/aromatic N) is 1. The fourth-order valence-corrected chi connectivity index (χ4v) is 3.57. The van der Waals surface area contributed by atoms with E-state index in [1.807, 2.05) is 0 Å². The van der Waals surface area contributed by atoms with Crippen molar-refractivity contribution in [2.45, 2.75) is 90.6 Å². The van der Waals surface area contributed by atoms with E-state index in [4.69, 9.17) is 5.73 Å². The molecule has 0 aromatic heterocycles. The van der Waals surface area contributed by atoms with Crippen LogP contribution in [0.3, 0.4) is 0 Å². The molecule has 2 N–H and O–H groups in total. The fraction of sp³-hybridized carbons (Fsp3) is 1.00. The molecule has 2 nitrogen and oxygen atoms in total. The average molecular weight is 268 g/mol. The summed E-state index contributed by atoms with van der Waals surface area (Å²) in [5, 5.41) is 0. The number of hydrogen-bond acceptors (Lipinski definition) is 2. The highest BCUT2D eigenvalue weighted by molar-refractivity contribution is 4.93. The molecule has 0 aromatic rings. The van der Waals surface area contributed by atoms with E-state index in [1.54, 1.807) is 0 Å². The van der Waals surface area contributed by atoms with Crippen LogP contribution in [0.4, 0.5) is 0 Å². The molecule has 1 fully saturated rings. The van der Waals surface area contributed by atoms with Crippen LogP contribution in [0.5, 0.6) is 0 Å². The maximum atomic E-state index is 6.14. The molecule has 0 aliphatic carbocycles. The van der Waals surface area contributed by atoms with Crippen LogP contribution in [-0.2, 0) is 0 Å². The van der Waals surface area contributed by atoms with Gasteiger partial charge in [-0.25, -0.2) is 0 Å². The quantitative estimate of drug-likeness (QED) is 0.669. The zero-order valence-corrected chi connectivity index (χ0v) is 13.8. The number of nitrogens with two attached hydrogens (primary N) is 1. The van der Waals surface area contributed by atoms with Crippen molar-refractivity contribution >= 4 is 0 Å². The second-order valence-electron chi connectivity index (χ2n) is 6.92. The number of rotatable bonds is 8. The summed E-state index contributed by atoms with van der Waals surface area (Å²) in [6, 6.07) is 0.693. The van der Waals surface area contributed by atoms with Crippen LogP contribution in [0.15, 0.2) is 0 Å². The summed E-state index contributed by atoms with van der Waals surface area (Å²) in [6.45, 7) is 11.5. The van der Waals surface area contributed by atoms with Crippen LogP contribution < -0.4 is 5.73 Å². The molecule has 19 heavy (non-hydrogen) atoms. The highest BCUT2D eigenvalue weighted by Gasteiger charge is 2.36. The van der Waals surface area contributed by atoms with Crippen LogP contribution in [0, 0.1) is 5.92 Å². The van der Waals surface area contributed by atoms with Crippen molar-refractivity contribution in [2.75, 3.05) is 13.1 Å². The van der Waals surface area contributed by atoms with Gasteiger partial charge in [0, 0.05) is 18.1 Å². The van der Waals surface area contributed by atoms with Gasteiger partial charge in [0.2, 0.25) is 0 Å². The summed E-state index contributed by atoms with van der Waals surface area (Å²) in [6.07, 6.45) is 10.8. The average Bonchev–Trinajstić information content (AvgIpc) is 2.41. The van der Waals surface area contributed by atoms with Gasteiger partial charge in [-0.2, -0.15) is 0 Å². The molecule has 3 atom stereocenters. The normalized spacial score (nSPS) is 28.3. The zero-order chi connectivity index (χ0) is 14.3. The third kappa shape index (κ3) is 4.75. The lowest BCUT2D eigenvalue weighted by atomic mass is 9.84. The van der Waals surface area contributed by atoms with Gasteiger partial charge >= 0.3 is 0 Å². The minimum absolute atomic E-state index is 0.223. The maximum absolute atomic E-state index is 6.14. The molecule has 0 radical (unpaired) electrons. The molecule has 114 valence electrons. The van der Waals surface area contributed by atoms with Gasteiger partial charge in [0.15, 0.2) is 0 Å². The summed E-state index contributed by atoms with van der Waals surface area (Å²) < 4.78 is 0. The second kappa shape index (κ2) is 8.26. The molecule has 0 aromatic carbocycles. The molecule has 2 heteroatoms. The molecule has 0 saturated carbocycles. The number of piperidine rings is 1. The Bertz CT molecular complexity index is 241. The Morgan fingerprint density at radius 3 is 2.47 bits per heavy atom. The summed E-state index contributed by atoms with van der Waals surface area (Å²) in [4.78, 5) is 2.71. The van der Waals surface area contributed by atoms with Gasteiger partial charge in [-0.3, -0.25) is 4.90 Å². The molecule has 0 spiro atoms. The van der Waals surface area contributed by atoms with Crippen LogP contribution in [0.25, 0.3) is 0 Å². The van der Waals surface area contributed by atoms with Crippen molar-refractivity contribution in [1.29, 1.82) is 0 Å². The van der Waals surface area contributed by atoms with Crippen molar-refractivity contribution in [3.05, 3.63) is 0 Å². The van der Waals surface area contributed by atoms with Gasteiger partial charge < -0.3 is 5.73 Å². The number of unbranched alkanes of at least 4 members (excludes halogenated alkanes) is 4. The molecule has 1 aliphatic heterocycles. The Morgan fingerprint density at radius 1 is 1.16 bits per heavy atom. The number of likely N-dealkylation sites (tertiary alicyclic amines) is 1. The molecule has 1 heterocycles. The molecular weight excluding hydrogens is 232 g/mol. The van der Waals surface area contributed by atoms with Crippen LogP contribution in [-0.4, -0.2) is 29.6 Å². The van der Waals surface area contributed by atoms with Crippen molar-refractivity contribution in [2.24, 2.45) is 11.7 Å². The molecule has 1 aliphatic rings. The van der Waals surface area contributed by atoms with E-state index in [9.17, 15) is 0 Å². The smallest absolute Gasteiger partial charge is 0.0306 e. The lowest BCUT2D eigenvalue weighted by Gasteiger charge is -2.49. The topological polar surface area (TPSA) is 29.3 Å². The first-order valence-corrected chi connectivity index (χ1v) is 8.52. The summed E-state index contributed by atoms with van der Waals surface area (Å²) in [7, 11) is 0. The minimum atomic E-state index is 0.223. The maximum Gasteiger partial charge on any atom is 0.0306 e. The highest BCUT2D eigenvalue weighted by atomic mass is 15.2. The van der Waals surface area contributed by atoms with Crippen molar-refractivity contribution < 1.29 is 0 Å². The summed E-state index contributed by atoms with van der Waals surface area (Å²) in [5.74, 6) is 0.819. The lowest BCUT2D eigenvalue weighted by Crippen LogP contribution is -2.58. The predicted octanol–water partition coefficient (Wildman–Crippen LogP) is 4.18. The Balaban J connectivity index is 2.48. The molecular formula is C17H36N2. The first-order chi connectivity index (χ1) is 9.05. The van der Waals surface area contributed by atoms with Crippen LogP contribution in [0.2, 0.25) is 0 Å². The Labute approximate surface area is 121 Å². The Kier molecular flexibility index (Phi) is 7.38. The molecule has 1 saturated heterocycles. The Hall–Kier alpha value is -0.0800. The van der Waals surface area contributed by atoms with Gasteiger partial charge in [0.1, 0.15) is 0 Å². The predicted molar refractivity (Wildman–Crippen MR) is 85.4 cm³/mol. The van der Waals surface area contributed by atoms with Gasteiger partial charge in [-0.15, -0.1) is 0 Å². The number of hydrogen-bond donors (Lipinski definition) is 1. The van der Waals surface area contributed by atoms with Gasteiger partial charge in [-0.1, -0.05) is 46.0 Å². The van der Waals surface area contributed by atoms with Crippen LogP contribution >= 0.6 is 0 Å². The van der Waals surface area contributed by atoms with Crippen molar-refractivity contribution in [3.8, 4) is 0 Å². The molecule has 0 amide bonds. The highest BCUT2D eigenvalue weighted by Crippen LogP contribution is 2.32. The van der Waals surface area contributed by atoms with Gasteiger partial charge in [0.25, 0.3) is 0 Å².